The lowest BCUT2D eigenvalue weighted by Gasteiger charge is -2.22. The number of carbonyl (C=O) groups is 1. The summed E-state index contributed by atoms with van der Waals surface area (Å²) >= 11 is 0. The standard InChI is InChI=1S/C19H21NO/c21-19(20-14-8-1-2-9-15-20)18-13-7-6-12-17(18)16-10-4-3-5-11-16/h3-7,10-13H,1-2,8-9,14-15H2. The molecule has 21 heavy (non-hydrogen) atoms. The van der Waals surface area contributed by atoms with Gasteiger partial charge in [-0.2, -0.15) is 0 Å². The van der Waals surface area contributed by atoms with Gasteiger partial charge in [0.15, 0.2) is 0 Å². The van der Waals surface area contributed by atoms with Crippen molar-refractivity contribution in [2.75, 3.05) is 13.1 Å². The normalized spacial score (nSPS) is 15.5. The molecule has 2 aromatic carbocycles. The van der Waals surface area contributed by atoms with Crippen LogP contribution < -0.4 is 0 Å². The predicted octanol–water partition coefficient (Wildman–Crippen LogP) is 4.37. The first kappa shape index (κ1) is 13.9. The zero-order valence-corrected chi connectivity index (χ0v) is 12.3. The fraction of sp³-hybridized carbons (Fsp3) is 0.316. The second-order valence-corrected chi connectivity index (χ2v) is 5.62. The fourth-order valence-electron chi connectivity index (χ4n) is 2.98. The van der Waals surface area contributed by atoms with Crippen LogP contribution >= 0.6 is 0 Å². The molecule has 0 radical (unpaired) electrons. The summed E-state index contributed by atoms with van der Waals surface area (Å²) in [6, 6.07) is 18.1. The van der Waals surface area contributed by atoms with Gasteiger partial charge in [-0.25, -0.2) is 0 Å². The average molecular weight is 279 g/mol. The lowest BCUT2D eigenvalue weighted by molar-refractivity contribution is 0.0762. The summed E-state index contributed by atoms with van der Waals surface area (Å²) in [5.74, 6) is 0.177. The zero-order valence-electron chi connectivity index (χ0n) is 12.3. The molecule has 0 aromatic heterocycles. The van der Waals surface area contributed by atoms with Crippen molar-refractivity contribution in [3.8, 4) is 11.1 Å². The highest BCUT2D eigenvalue weighted by Crippen LogP contribution is 2.25. The lowest BCUT2D eigenvalue weighted by atomic mass is 9.99. The molecule has 2 nitrogen and oxygen atoms in total. The van der Waals surface area contributed by atoms with Crippen molar-refractivity contribution in [2.24, 2.45) is 0 Å². The monoisotopic (exact) mass is 279 g/mol. The van der Waals surface area contributed by atoms with Gasteiger partial charge in [0, 0.05) is 18.7 Å². The zero-order chi connectivity index (χ0) is 14.5. The molecule has 0 atom stereocenters. The molecule has 1 aliphatic heterocycles. The number of nitrogens with zero attached hydrogens (tertiary/aromatic N) is 1. The van der Waals surface area contributed by atoms with Gasteiger partial charge < -0.3 is 4.90 Å². The van der Waals surface area contributed by atoms with Crippen LogP contribution in [0, 0.1) is 0 Å². The molecule has 1 aliphatic rings. The van der Waals surface area contributed by atoms with Gasteiger partial charge in [0.2, 0.25) is 0 Å². The van der Waals surface area contributed by atoms with Crippen LogP contribution in [0.3, 0.4) is 0 Å². The summed E-state index contributed by atoms with van der Waals surface area (Å²) in [6.07, 6.45) is 4.73. The van der Waals surface area contributed by atoms with Crippen molar-refractivity contribution in [1.82, 2.24) is 4.90 Å². The molecule has 0 aliphatic carbocycles. The first-order chi connectivity index (χ1) is 10.4. The summed E-state index contributed by atoms with van der Waals surface area (Å²) in [5, 5.41) is 0. The summed E-state index contributed by atoms with van der Waals surface area (Å²) in [5.41, 5.74) is 2.97. The number of hydrogen-bond acceptors (Lipinski definition) is 1. The molecule has 0 bridgehead atoms. The van der Waals surface area contributed by atoms with Crippen molar-refractivity contribution in [1.29, 1.82) is 0 Å². The number of rotatable bonds is 2. The third-order valence-corrected chi connectivity index (χ3v) is 4.14. The van der Waals surface area contributed by atoms with Crippen LogP contribution in [0.25, 0.3) is 11.1 Å². The Balaban J connectivity index is 1.93. The van der Waals surface area contributed by atoms with Crippen LogP contribution in [0.1, 0.15) is 36.0 Å². The molecule has 1 fully saturated rings. The van der Waals surface area contributed by atoms with Crippen LogP contribution in [0.2, 0.25) is 0 Å². The van der Waals surface area contributed by atoms with E-state index in [4.69, 9.17) is 0 Å². The molecule has 108 valence electrons. The highest BCUT2D eigenvalue weighted by atomic mass is 16.2. The van der Waals surface area contributed by atoms with E-state index in [1.54, 1.807) is 0 Å². The maximum absolute atomic E-state index is 12.9. The number of benzene rings is 2. The van der Waals surface area contributed by atoms with Gasteiger partial charge in [0.1, 0.15) is 0 Å². The van der Waals surface area contributed by atoms with E-state index in [9.17, 15) is 4.79 Å². The van der Waals surface area contributed by atoms with Crippen molar-refractivity contribution < 1.29 is 4.79 Å². The Labute approximate surface area is 126 Å². The van der Waals surface area contributed by atoms with E-state index in [0.717, 1.165) is 42.6 Å². The van der Waals surface area contributed by atoms with E-state index in [1.165, 1.54) is 12.8 Å². The van der Waals surface area contributed by atoms with Crippen LogP contribution in [0.4, 0.5) is 0 Å². The molecule has 2 aromatic rings. The van der Waals surface area contributed by atoms with Gasteiger partial charge in [-0.1, -0.05) is 61.4 Å². The average Bonchev–Trinajstić information content (AvgIpc) is 2.84. The third kappa shape index (κ3) is 3.15. The fourth-order valence-corrected chi connectivity index (χ4v) is 2.98. The lowest BCUT2D eigenvalue weighted by Crippen LogP contribution is -2.32. The second kappa shape index (κ2) is 6.57. The molecule has 2 heteroatoms. The molecule has 0 unspecified atom stereocenters. The first-order valence-electron chi connectivity index (χ1n) is 7.80. The van der Waals surface area contributed by atoms with Crippen molar-refractivity contribution >= 4 is 5.91 Å². The molecular weight excluding hydrogens is 258 g/mol. The van der Waals surface area contributed by atoms with Crippen molar-refractivity contribution in [3.63, 3.8) is 0 Å². The highest BCUT2D eigenvalue weighted by Gasteiger charge is 2.20. The minimum Gasteiger partial charge on any atom is -0.339 e. The molecular formula is C19H21NO. The largest absolute Gasteiger partial charge is 0.339 e. The summed E-state index contributed by atoms with van der Waals surface area (Å²) < 4.78 is 0. The summed E-state index contributed by atoms with van der Waals surface area (Å²) in [6.45, 7) is 1.78. The van der Waals surface area contributed by atoms with Gasteiger partial charge >= 0.3 is 0 Å². The number of carbonyl (C=O) groups excluding carboxylic acids is 1. The molecule has 1 amide bonds. The van der Waals surface area contributed by atoms with Gasteiger partial charge in [-0.15, -0.1) is 0 Å². The highest BCUT2D eigenvalue weighted by molar-refractivity contribution is 6.00. The Morgan fingerprint density at radius 3 is 2.10 bits per heavy atom. The maximum atomic E-state index is 12.9. The smallest absolute Gasteiger partial charge is 0.254 e. The van der Waals surface area contributed by atoms with E-state index < -0.39 is 0 Å². The van der Waals surface area contributed by atoms with Crippen molar-refractivity contribution in [2.45, 2.75) is 25.7 Å². The van der Waals surface area contributed by atoms with Crippen LogP contribution in [-0.4, -0.2) is 23.9 Å². The quantitative estimate of drug-likeness (QED) is 0.799. The maximum Gasteiger partial charge on any atom is 0.254 e. The van der Waals surface area contributed by atoms with E-state index in [0.29, 0.717) is 0 Å². The van der Waals surface area contributed by atoms with Gasteiger partial charge in [0.05, 0.1) is 0 Å². The Hall–Kier alpha value is -2.09. The number of hydrogen-bond donors (Lipinski definition) is 0. The Morgan fingerprint density at radius 1 is 0.762 bits per heavy atom. The second-order valence-electron chi connectivity index (χ2n) is 5.62. The van der Waals surface area contributed by atoms with E-state index in [-0.39, 0.29) is 5.91 Å². The number of amides is 1. The molecule has 3 rings (SSSR count). The Kier molecular flexibility index (Phi) is 4.34. The van der Waals surface area contributed by atoms with E-state index >= 15 is 0 Å². The molecule has 0 spiro atoms. The third-order valence-electron chi connectivity index (χ3n) is 4.14. The van der Waals surface area contributed by atoms with Gasteiger partial charge in [0.25, 0.3) is 5.91 Å². The van der Waals surface area contributed by atoms with Crippen LogP contribution in [0.5, 0.6) is 0 Å². The topological polar surface area (TPSA) is 20.3 Å². The summed E-state index contributed by atoms with van der Waals surface area (Å²) in [7, 11) is 0. The predicted molar refractivity (Wildman–Crippen MR) is 86.2 cm³/mol. The Morgan fingerprint density at radius 2 is 1.38 bits per heavy atom. The first-order valence-corrected chi connectivity index (χ1v) is 7.80. The molecule has 0 saturated carbocycles. The van der Waals surface area contributed by atoms with Gasteiger partial charge in [-0.05, 0) is 30.0 Å². The minimum absolute atomic E-state index is 0.177. The number of likely N-dealkylation sites (tertiary alicyclic amines) is 1. The van der Waals surface area contributed by atoms with Crippen molar-refractivity contribution in [3.05, 3.63) is 60.2 Å². The molecule has 0 N–H and O–H groups in total. The SMILES string of the molecule is O=C(c1ccccc1-c1ccccc1)N1CCCCCC1. The molecule has 1 heterocycles. The van der Waals surface area contributed by atoms with Crippen LogP contribution in [0.15, 0.2) is 54.6 Å². The van der Waals surface area contributed by atoms with E-state index in [2.05, 4.69) is 12.1 Å². The van der Waals surface area contributed by atoms with Gasteiger partial charge in [-0.3, -0.25) is 4.79 Å². The van der Waals surface area contributed by atoms with Crippen LogP contribution in [-0.2, 0) is 0 Å². The Bertz CT molecular complexity index is 598. The van der Waals surface area contributed by atoms with E-state index in [1.807, 2.05) is 47.4 Å². The molecule has 1 saturated heterocycles. The summed E-state index contributed by atoms with van der Waals surface area (Å²) in [4.78, 5) is 14.9. The minimum atomic E-state index is 0.177.